The Hall–Kier alpha value is -2.85. The molecule has 1 rings (SSSR count). The molecule has 0 bridgehead atoms. The van der Waals surface area contributed by atoms with Crippen LogP contribution in [0.15, 0.2) is 89.1 Å². The summed E-state index contributed by atoms with van der Waals surface area (Å²) in [6.45, 7) is 23.7. The standard InChI is InChI=1S/C33H45N/c1-11-25(5)19-27(7)20-29(9)33(10,22-26(6)14-13-15-30(12-2)23-34)32-17-16-28(8)31(21-32)18-24(3)4/h11-12,14-17,19-21,24H,2,13,18,22H2,1,3-10H3/b25-11-,26-14+,27-19-,29-20+,30-15?. The number of hydrogen-bond donors (Lipinski definition) is 0. The van der Waals surface area contributed by atoms with Crippen molar-refractivity contribution in [3.05, 3.63) is 106 Å². The van der Waals surface area contributed by atoms with Crippen LogP contribution in [0.1, 0.15) is 84.9 Å². The van der Waals surface area contributed by atoms with Crippen molar-refractivity contribution in [3.63, 3.8) is 0 Å². The van der Waals surface area contributed by atoms with Gasteiger partial charge in [-0.3, -0.25) is 0 Å². The van der Waals surface area contributed by atoms with Crippen LogP contribution in [0.25, 0.3) is 0 Å². The number of nitrogens with zero attached hydrogens (tertiary/aromatic N) is 1. The molecule has 0 aliphatic carbocycles. The zero-order chi connectivity index (χ0) is 25.9. The largest absolute Gasteiger partial charge is 0.192 e. The fourth-order valence-electron chi connectivity index (χ4n) is 4.32. The van der Waals surface area contributed by atoms with Crippen molar-refractivity contribution >= 4 is 0 Å². The Kier molecular flexibility index (Phi) is 11.8. The number of aryl methyl sites for hydroxylation is 1. The van der Waals surface area contributed by atoms with Crippen molar-refractivity contribution in [2.75, 3.05) is 0 Å². The first kappa shape index (κ1) is 29.2. The van der Waals surface area contributed by atoms with E-state index in [1.165, 1.54) is 39.0 Å². The summed E-state index contributed by atoms with van der Waals surface area (Å²) in [6.07, 6.45) is 15.3. The number of allylic oxidation sites excluding steroid dienone is 11. The SMILES string of the molecule is C=CC(C#N)=CC/C=C(\C)CC(C)(/C(C)=C/C(C)=C\C(C)=C/C)c1ccc(C)c(CC(C)C)c1. The minimum absolute atomic E-state index is 0.126. The summed E-state index contributed by atoms with van der Waals surface area (Å²) in [5.74, 6) is 0.624. The van der Waals surface area contributed by atoms with Gasteiger partial charge in [0.05, 0.1) is 6.07 Å². The average Bonchev–Trinajstić information content (AvgIpc) is 2.77. The van der Waals surface area contributed by atoms with Gasteiger partial charge in [-0.1, -0.05) is 104 Å². The smallest absolute Gasteiger partial charge is 0.0988 e. The van der Waals surface area contributed by atoms with E-state index in [1.807, 2.05) is 6.08 Å². The van der Waals surface area contributed by atoms with Crippen LogP contribution >= 0.6 is 0 Å². The number of benzene rings is 1. The Bertz CT molecular complexity index is 1050. The maximum atomic E-state index is 9.15. The Labute approximate surface area is 210 Å². The molecule has 1 atom stereocenters. The van der Waals surface area contributed by atoms with Crippen LogP contribution in [0.5, 0.6) is 0 Å². The summed E-state index contributed by atoms with van der Waals surface area (Å²) in [7, 11) is 0. The van der Waals surface area contributed by atoms with Gasteiger partial charge in [0.25, 0.3) is 0 Å². The minimum Gasteiger partial charge on any atom is -0.192 e. The summed E-state index contributed by atoms with van der Waals surface area (Å²) < 4.78 is 0. The fourth-order valence-corrected chi connectivity index (χ4v) is 4.32. The Morgan fingerprint density at radius 3 is 2.32 bits per heavy atom. The van der Waals surface area contributed by atoms with Crippen molar-refractivity contribution < 1.29 is 0 Å². The normalized spacial score (nSPS) is 15.9. The topological polar surface area (TPSA) is 23.8 Å². The molecule has 0 saturated carbocycles. The quantitative estimate of drug-likeness (QED) is 0.185. The molecule has 0 saturated heterocycles. The second-order valence-corrected chi connectivity index (χ2v) is 10.3. The van der Waals surface area contributed by atoms with Gasteiger partial charge in [-0.25, -0.2) is 0 Å². The number of rotatable bonds is 11. The van der Waals surface area contributed by atoms with E-state index in [0.717, 1.165) is 19.3 Å². The van der Waals surface area contributed by atoms with Crippen LogP contribution in [-0.2, 0) is 11.8 Å². The zero-order valence-electron chi connectivity index (χ0n) is 23.0. The van der Waals surface area contributed by atoms with Gasteiger partial charge in [0, 0.05) is 11.0 Å². The van der Waals surface area contributed by atoms with Gasteiger partial charge in [0.1, 0.15) is 0 Å². The van der Waals surface area contributed by atoms with E-state index in [1.54, 1.807) is 6.08 Å². The van der Waals surface area contributed by atoms with Crippen molar-refractivity contribution in [2.45, 2.75) is 87.0 Å². The molecule has 1 aromatic rings. The van der Waals surface area contributed by atoms with Gasteiger partial charge in [-0.2, -0.15) is 5.26 Å². The molecule has 0 fully saturated rings. The number of nitriles is 1. The van der Waals surface area contributed by atoms with E-state index in [9.17, 15) is 0 Å². The van der Waals surface area contributed by atoms with Crippen molar-refractivity contribution in [1.82, 2.24) is 0 Å². The molecule has 182 valence electrons. The molecule has 0 aliphatic heterocycles. The van der Waals surface area contributed by atoms with E-state index in [-0.39, 0.29) is 5.41 Å². The summed E-state index contributed by atoms with van der Waals surface area (Å²) in [4.78, 5) is 0. The van der Waals surface area contributed by atoms with Gasteiger partial charge >= 0.3 is 0 Å². The molecule has 1 heteroatoms. The third-order valence-electron chi connectivity index (χ3n) is 6.63. The second kappa shape index (κ2) is 13.8. The third kappa shape index (κ3) is 8.83. The van der Waals surface area contributed by atoms with Crippen LogP contribution in [0, 0.1) is 24.2 Å². The second-order valence-electron chi connectivity index (χ2n) is 10.3. The molecule has 1 aromatic carbocycles. The first-order valence-corrected chi connectivity index (χ1v) is 12.4. The number of hydrogen-bond acceptors (Lipinski definition) is 1. The summed E-state index contributed by atoms with van der Waals surface area (Å²) in [5, 5.41) is 9.15. The molecule has 1 nitrogen and oxygen atoms in total. The molecule has 0 aromatic heterocycles. The van der Waals surface area contributed by atoms with E-state index in [0.29, 0.717) is 11.5 Å². The molecule has 0 spiro atoms. The Morgan fingerprint density at radius 2 is 1.76 bits per heavy atom. The van der Waals surface area contributed by atoms with Crippen LogP contribution < -0.4 is 0 Å². The van der Waals surface area contributed by atoms with E-state index in [4.69, 9.17) is 5.26 Å². The van der Waals surface area contributed by atoms with Crippen molar-refractivity contribution in [3.8, 4) is 6.07 Å². The van der Waals surface area contributed by atoms with Gasteiger partial charge in [-0.15, -0.1) is 0 Å². The molecule has 0 radical (unpaired) electrons. The molecule has 0 amide bonds. The predicted octanol–water partition coefficient (Wildman–Crippen LogP) is 9.67. The van der Waals surface area contributed by atoms with Crippen LogP contribution in [0.4, 0.5) is 0 Å². The van der Waals surface area contributed by atoms with Gasteiger partial charge in [0.2, 0.25) is 0 Å². The summed E-state index contributed by atoms with van der Waals surface area (Å²) in [5.41, 5.74) is 9.90. The lowest BCUT2D eigenvalue weighted by molar-refractivity contribution is 0.546. The predicted molar refractivity (Wildman–Crippen MR) is 151 cm³/mol. The Morgan fingerprint density at radius 1 is 1.09 bits per heavy atom. The lowest BCUT2D eigenvalue weighted by Crippen LogP contribution is -2.25. The first-order chi connectivity index (χ1) is 16.0. The maximum Gasteiger partial charge on any atom is 0.0988 e. The first-order valence-electron chi connectivity index (χ1n) is 12.4. The summed E-state index contributed by atoms with van der Waals surface area (Å²) >= 11 is 0. The highest BCUT2D eigenvalue weighted by Gasteiger charge is 2.29. The lowest BCUT2D eigenvalue weighted by Gasteiger charge is -2.33. The molecular formula is C33H45N. The highest BCUT2D eigenvalue weighted by Crippen LogP contribution is 2.39. The van der Waals surface area contributed by atoms with Crippen LogP contribution in [0.2, 0.25) is 0 Å². The monoisotopic (exact) mass is 455 g/mol. The van der Waals surface area contributed by atoms with E-state index >= 15 is 0 Å². The van der Waals surface area contributed by atoms with Gasteiger partial charge < -0.3 is 0 Å². The average molecular weight is 456 g/mol. The highest BCUT2D eigenvalue weighted by atomic mass is 14.3. The van der Waals surface area contributed by atoms with E-state index < -0.39 is 0 Å². The molecule has 0 N–H and O–H groups in total. The zero-order valence-corrected chi connectivity index (χ0v) is 23.0. The third-order valence-corrected chi connectivity index (χ3v) is 6.63. The van der Waals surface area contributed by atoms with Gasteiger partial charge in [-0.05, 0) is 83.4 Å². The highest BCUT2D eigenvalue weighted by molar-refractivity contribution is 5.44. The van der Waals surface area contributed by atoms with Crippen LogP contribution in [0.3, 0.4) is 0 Å². The Balaban J connectivity index is 3.54. The molecule has 0 aliphatic rings. The molecule has 0 heterocycles. The lowest BCUT2D eigenvalue weighted by atomic mass is 9.70. The molecule has 1 unspecified atom stereocenters. The molecule has 34 heavy (non-hydrogen) atoms. The maximum absolute atomic E-state index is 9.15. The summed E-state index contributed by atoms with van der Waals surface area (Å²) in [6, 6.07) is 9.21. The van der Waals surface area contributed by atoms with Crippen LogP contribution in [-0.4, -0.2) is 0 Å². The van der Waals surface area contributed by atoms with E-state index in [2.05, 4.69) is 117 Å². The van der Waals surface area contributed by atoms with Gasteiger partial charge in [0.15, 0.2) is 0 Å². The molecular weight excluding hydrogens is 410 g/mol. The van der Waals surface area contributed by atoms with Crippen molar-refractivity contribution in [1.29, 1.82) is 5.26 Å². The minimum atomic E-state index is -0.126. The fraction of sp³-hybridized carbons (Fsp3) is 0.424. The van der Waals surface area contributed by atoms with Crippen molar-refractivity contribution in [2.24, 2.45) is 5.92 Å².